The van der Waals surface area contributed by atoms with E-state index in [-0.39, 0.29) is 24.9 Å². The molecule has 7 heteroatoms. The number of carbonyl (C=O) groups is 2. The van der Waals surface area contributed by atoms with Crippen LogP contribution in [0.4, 0.5) is 11.4 Å². The summed E-state index contributed by atoms with van der Waals surface area (Å²) in [6.45, 7) is 5.00. The molecule has 2 aromatic rings. The molecule has 0 bridgehead atoms. The Hall–Kier alpha value is -3.06. The molecule has 0 saturated carbocycles. The topological polar surface area (TPSA) is 79.9 Å². The van der Waals surface area contributed by atoms with E-state index in [1.54, 1.807) is 30.1 Å². The third-order valence-corrected chi connectivity index (χ3v) is 3.71. The fraction of sp³-hybridized carbons (Fsp3) is 0.333. The van der Waals surface area contributed by atoms with Crippen molar-refractivity contribution in [3.05, 3.63) is 48.5 Å². The summed E-state index contributed by atoms with van der Waals surface area (Å²) in [6, 6.07) is 14.5. The molecular formula is C21H27N3O4. The lowest BCUT2D eigenvalue weighted by molar-refractivity contribution is -0.119. The zero-order valence-electron chi connectivity index (χ0n) is 16.5. The second-order valence-corrected chi connectivity index (χ2v) is 6.16. The van der Waals surface area contributed by atoms with Crippen LogP contribution in [0.1, 0.15) is 13.8 Å². The predicted octanol–water partition coefficient (Wildman–Crippen LogP) is 2.99. The van der Waals surface area contributed by atoms with Crippen molar-refractivity contribution in [1.29, 1.82) is 0 Å². The van der Waals surface area contributed by atoms with Gasteiger partial charge in [0.15, 0.2) is 11.5 Å². The predicted molar refractivity (Wildman–Crippen MR) is 110 cm³/mol. The summed E-state index contributed by atoms with van der Waals surface area (Å²) in [6.07, 6.45) is 0. The minimum Gasteiger partial charge on any atom is -0.490 e. The summed E-state index contributed by atoms with van der Waals surface area (Å²) in [5, 5.41) is 5.61. The van der Waals surface area contributed by atoms with Crippen LogP contribution in [0.25, 0.3) is 0 Å². The molecule has 2 N–H and O–H groups in total. The van der Waals surface area contributed by atoms with Gasteiger partial charge in [0.25, 0.3) is 0 Å². The molecule has 0 saturated heterocycles. The Balaban J connectivity index is 1.87. The highest BCUT2D eigenvalue weighted by molar-refractivity contribution is 5.94. The van der Waals surface area contributed by atoms with Crippen LogP contribution in [0.3, 0.4) is 0 Å². The van der Waals surface area contributed by atoms with Crippen LogP contribution < -0.4 is 20.1 Å². The van der Waals surface area contributed by atoms with Gasteiger partial charge in [-0.2, -0.15) is 0 Å². The van der Waals surface area contributed by atoms with Gasteiger partial charge < -0.3 is 20.1 Å². The number of hydrogen-bond acceptors (Lipinski definition) is 5. The number of hydrogen-bond donors (Lipinski definition) is 2. The highest BCUT2D eigenvalue weighted by Crippen LogP contribution is 2.30. The van der Waals surface area contributed by atoms with Crippen molar-refractivity contribution in [1.82, 2.24) is 4.90 Å². The molecule has 0 heterocycles. The lowest BCUT2D eigenvalue weighted by Gasteiger charge is -2.17. The Kier molecular flexibility index (Phi) is 8.30. The smallest absolute Gasteiger partial charge is 0.238 e. The Morgan fingerprint density at radius 3 is 2.00 bits per heavy atom. The molecular weight excluding hydrogens is 358 g/mol. The van der Waals surface area contributed by atoms with Crippen LogP contribution in [0.5, 0.6) is 11.5 Å². The van der Waals surface area contributed by atoms with Gasteiger partial charge in [-0.1, -0.05) is 18.2 Å². The van der Waals surface area contributed by atoms with Crippen molar-refractivity contribution < 1.29 is 19.1 Å². The second-order valence-electron chi connectivity index (χ2n) is 6.16. The average molecular weight is 385 g/mol. The quantitative estimate of drug-likeness (QED) is 0.657. The van der Waals surface area contributed by atoms with Crippen molar-refractivity contribution in [3.8, 4) is 11.5 Å². The van der Waals surface area contributed by atoms with E-state index in [0.29, 0.717) is 30.4 Å². The van der Waals surface area contributed by atoms with Gasteiger partial charge in [0.1, 0.15) is 0 Å². The van der Waals surface area contributed by atoms with Gasteiger partial charge in [0.05, 0.1) is 26.3 Å². The number of rotatable bonds is 10. The number of nitrogens with one attached hydrogen (secondary N) is 2. The first kappa shape index (κ1) is 21.2. The molecule has 0 aliphatic carbocycles. The zero-order valence-corrected chi connectivity index (χ0v) is 16.5. The fourth-order valence-corrected chi connectivity index (χ4v) is 2.60. The minimum atomic E-state index is -0.221. The van der Waals surface area contributed by atoms with E-state index in [9.17, 15) is 9.59 Å². The lowest BCUT2D eigenvalue weighted by atomic mass is 10.2. The lowest BCUT2D eigenvalue weighted by Crippen LogP contribution is -2.36. The third-order valence-electron chi connectivity index (χ3n) is 3.71. The standard InChI is InChI=1S/C21H27N3O4/c1-4-27-18-12-11-17(13-19(18)28-5-2)23-21(26)15-24(3)14-20(25)22-16-9-7-6-8-10-16/h6-13H,4-5,14-15H2,1-3H3,(H,22,25)(H,23,26). The van der Waals surface area contributed by atoms with E-state index in [1.165, 1.54) is 0 Å². The molecule has 150 valence electrons. The normalized spacial score (nSPS) is 10.4. The summed E-state index contributed by atoms with van der Waals surface area (Å²) in [5.41, 5.74) is 1.34. The van der Waals surface area contributed by atoms with E-state index in [4.69, 9.17) is 9.47 Å². The second kappa shape index (κ2) is 10.9. The summed E-state index contributed by atoms with van der Waals surface area (Å²) in [4.78, 5) is 26.0. The summed E-state index contributed by atoms with van der Waals surface area (Å²) >= 11 is 0. The number of carbonyl (C=O) groups excluding carboxylic acids is 2. The van der Waals surface area contributed by atoms with Crippen LogP contribution in [0, 0.1) is 0 Å². The molecule has 2 aromatic carbocycles. The number of benzene rings is 2. The van der Waals surface area contributed by atoms with Crippen LogP contribution in [-0.2, 0) is 9.59 Å². The van der Waals surface area contributed by atoms with Crippen molar-refractivity contribution >= 4 is 23.2 Å². The van der Waals surface area contributed by atoms with Crippen molar-refractivity contribution in [2.75, 3.05) is 44.0 Å². The Labute approximate surface area is 165 Å². The van der Waals surface area contributed by atoms with Gasteiger partial charge in [-0.25, -0.2) is 0 Å². The van der Waals surface area contributed by atoms with E-state index >= 15 is 0 Å². The highest BCUT2D eigenvalue weighted by Gasteiger charge is 2.13. The molecule has 28 heavy (non-hydrogen) atoms. The molecule has 0 radical (unpaired) electrons. The van der Waals surface area contributed by atoms with E-state index in [0.717, 1.165) is 5.69 Å². The van der Waals surface area contributed by atoms with Crippen LogP contribution >= 0.6 is 0 Å². The first-order valence-electron chi connectivity index (χ1n) is 9.24. The van der Waals surface area contributed by atoms with Crippen LogP contribution in [-0.4, -0.2) is 50.1 Å². The Morgan fingerprint density at radius 2 is 1.39 bits per heavy atom. The summed E-state index contributed by atoms with van der Waals surface area (Å²) in [5.74, 6) is 0.817. The van der Waals surface area contributed by atoms with Gasteiger partial charge in [0, 0.05) is 17.4 Å². The summed E-state index contributed by atoms with van der Waals surface area (Å²) in [7, 11) is 1.72. The van der Waals surface area contributed by atoms with Crippen molar-refractivity contribution in [2.24, 2.45) is 0 Å². The fourth-order valence-electron chi connectivity index (χ4n) is 2.60. The molecule has 0 aliphatic rings. The Bertz CT molecular complexity index is 780. The third kappa shape index (κ3) is 6.92. The maximum atomic E-state index is 12.3. The van der Waals surface area contributed by atoms with Gasteiger partial charge in [-0.05, 0) is 45.2 Å². The molecule has 0 aromatic heterocycles. The number of amides is 2. The molecule has 2 amide bonds. The number of likely N-dealkylation sites (N-methyl/N-ethyl adjacent to an activating group) is 1. The number of para-hydroxylation sites is 1. The molecule has 0 spiro atoms. The van der Waals surface area contributed by atoms with Crippen LogP contribution in [0.15, 0.2) is 48.5 Å². The SMILES string of the molecule is CCOc1ccc(NC(=O)CN(C)CC(=O)Nc2ccccc2)cc1OCC. The molecule has 7 nitrogen and oxygen atoms in total. The largest absolute Gasteiger partial charge is 0.490 e. The number of ether oxygens (including phenoxy) is 2. The van der Waals surface area contributed by atoms with Crippen LogP contribution in [0.2, 0.25) is 0 Å². The Morgan fingerprint density at radius 1 is 0.821 bits per heavy atom. The minimum absolute atomic E-state index is 0.0827. The van der Waals surface area contributed by atoms with Crippen molar-refractivity contribution in [3.63, 3.8) is 0 Å². The van der Waals surface area contributed by atoms with Crippen molar-refractivity contribution in [2.45, 2.75) is 13.8 Å². The van der Waals surface area contributed by atoms with E-state index in [2.05, 4.69) is 10.6 Å². The summed E-state index contributed by atoms with van der Waals surface area (Å²) < 4.78 is 11.1. The monoisotopic (exact) mass is 385 g/mol. The van der Waals surface area contributed by atoms with Gasteiger partial charge >= 0.3 is 0 Å². The van der Waals surface area contributed by atoms with E-state index < -0.39 is 0 Å². The number of nitrogens with zero attached hydrogens (tertiary/aromatic N) is 1. The number of anilines is 2. The maximum Gasteiger partial charge on any atom is 0.238 e. The molecule has 0 atom stereocenters. The van der Waals surface area contributed by atoms with Gasteiger partial charge in [-0.15, -0.1) is 0 Å². The maximum absolute atomic E-state index is 12.3. The first-order chi connectivity index (χ1) is 13.5. The molecule has 0 unspecified atom stereocenters. The van der Waals surface area contributed by atoms with Gasteiger partial charge in [-0.3, -0.25) is 14.5 Å². The molecule has 0 fully saturated rings. The highest BCUT2D eigenvalue weighted by atomic mass is 16.5. The van der Waals surface area contributed by atoms with E-state index in [1.807, 2.05) is 44.2 Å². The average Bonchev–Trinajstić information content (AvgIpc) is 2.64. The molecule has 2 rings (SSSR count). The molecule has 0 aliphatic heterocycles. The van der Waals surface area contributed by atoms with Gasteiger partial charge in [0.2, 0.25) is 11.8 Å². The zero-order chi connectivity index (χ0) is 20.4. The first-order valence-corrected chi connectivity index (χ1v) is 9.24.